The van der Waals surface area contributed by atoms with Gasteiger partial charge in [0.2, 0.25) is 0 Å². The number of rotatable bonds is 6. The highest BCUT2D eigenvalue weighted by atomic mass is 16.5. The molecule has 0 radical (unpaired) electrons. The maximum atomic E-state index is 8.76. The molecule has 0 aliphatic carbocycles. The lowest BCUT2D eigenvalue weighted by Crippen LogP contribution is -2.12. The predicted octanol–water partition coefficient (Wildman–Crippen LogP) is 2.13. The highest BCUT2D eigenvalue weighted by molar-refractivity contribution is 5.46. The minimum atomic E-state index is 0.255. The lowest BCUT2D eigenvalue weighted by molar-refractivity contribution is 0.266. The molecule has 0 saturated carbocycles. The number of aliphatic hydroxyl groups excluding tert-OH is 1. The minimum Gasteiger partial charge on any atom is -0.497 e. The van der Waals surface area contributed by atoms with Crippen LogP contribution in [0.25, 0.3) is 0 Å². The third-order valence-electron chi connectivity index (χ3n) is 2.37. The Hall–Kier alpha value is -1.22. The van der Waals surface area contributed by atoms with E-state index in [0.29, 0.717) is 5.92 Å². The molecule has 1 aromatic rings. The van der Waals surface area contributed by atoms with E-state index in [0.717, 1.165) is 24.4 Å². The molecule has 0 aliphatic heterocycles. The van der Waals surface area contributed by atoms with Crippen molar-refractivity contribution in [3.05, 3.63) is 24.3 Å². The van der Waals surface area contributed by atoms with Gasteiger partial charge in [-0.25, -0.2) is 0 Å². The fourth-order valence-corrected chi connectivity index (χ4v) is 1.32. The Morgan fingerprint density at radius 1 is 1.33 bits per heavy atom. The van der Waals surface area contributed by atoms with Gasteiger partial charge in [-0.3, -0.25) is 0 Å². The summed E-state index contributed by atoms with van der Waals surface area (Å²) in [5.41, 5.74) is 1.08. The molecule has 1 rings (SSSR count). The molecular weight excluding hydrogens is 190 g/mol. The number of nitrogens with one attached hydrogen (secondary N) is 1. The van der Waals surface area contributed by atoms with Gasteiger partial charge in [0, 0.05) is 18.8 Å². The van der Waals surface area contributed by atoms with Crippen molar-refractivity contribution in [2.75, 3.05) is 25.6 Å². The monoisotopic (exact) mass is 209 g/mol. The number of aliphatic hydroxyl groups is 1. The van der Waals surface area contributed by atoms with Crippen molar-refractivity contribution >= 4 is 5.69 Å². The second kappa shape index (κ2) is 6.30. The van der Waals surface area contributed by atoms with E-state index in [1.54, 1.807) is 7.11 Å². The molecule has 0 aliphatic rings. The Balaban J connectivity index is 2.37. The SMILES string of the molecule is COc1ccc(NCC(C)CCO)cc1. The van der Waals surface area contributed by atoms with Crippen LogP contribution >= 0.6 is 0 Å². The van der Waals surface area contributed by atoms with Crippen LogP contribution in [-0.2, 0) is 0 Å². The molecule has 0 aromatic heterocycles. The van der Waals surface area contributed by atoms with Gasteiger partial charge in [-0.1, -0.05) is 6.92 Å². The Morgan fingerprint density at radius 3 is 2.53 bits per heavy atom. The van der Waals surface area contributed by atoms with Gasteiger partial charge in [0.15, 0.2) is 0 Å². The third-order valence-corrected chi connectivity index (χ3v) is 2.37. The van der Waals surface area contributed by atoms with Gasteiger partial charge < -0.3 is 15.2 Å². The van der Waals surface area contributed by atoms with Crippen molar-refractivity contribution in [1.82, 2.24) is 0 Å². The summed E-state index contributed by atoms with van der Waals surface area (Å²) in [6.45, 7) is 3.26. The Kier molecular flexibility index (Phi) is 4.98. The molecule has 0 fully saturated rings. The third kappa shape index (κ3) is 4.21. The summed E-state index contributed by atoms with van der Waals surface area (Å²) in [6.07, 6.45) is 0.836. The zero-order valence-electron chi connectivity index (χ0n) is 9.36. The molecule has 0 amide bonds. The molecule has 2 N–H and O–H groups in total. The van der Waals surface area contributed by atoms with Gasteiger partial charge in [-0.15, -0.1) is 0 Å². The molecule has 3 nitrogen and oxygen atoms in total. The first kappa shape index (κ1) is 11.9. The van der Waals surface area contributed by atoms with Crippen molar-refractivity contribution in [3.8, 4) is 5.75 Å². The van der Waals surface area contributed by atoms with Crippen LogP contribution in [0, 0.1) is 5.92 Å². The molecule has 1 unspecified atom stereocenters. The van der Waals surface area contributed by atoms with Gasteiger partial charge in [0.1, 0.15) is 5.75 Å². The smallest absolute Gasteiger partial charge is 0.119 e. The number of anilines is 1. The summed E-state index contributed by atoms with van der Waals surface area (Å²) >= 11 is 0. The molecule has 0 heterocycles. The second-order valence-electron chi connectivity index (χ2n) is 3.73. The molecule has 1 atom stereocenters. The summed E-state index contributed by atoms with van der Waals surface area (Å²) in [6, 6.07) is 7.84. The van der Waals surface area contributed by atoms with Gasteiger partial charge >= 0.3 is 0 Å². The average Bonchev–Trinajstić information content (AvgIpc) is 2.27. The number of benzene rings is 1. The normalized spacial score (nSPS) is 12.2. The van der Waals surface area contributed by atoms with Crippen molar-refractivity contribution in [1.29, 1.82) is 0 Å². The quantitative estimate of drug-likeness (QED) is 0.754. The number of hydrogen-bond donors (Lipinski definition) is 2. The molecule has 84 valence electrons. The molecule has 15 heavy (non-hydrogen) atoms. The number of hydrogen-bond acceptors (Lipinski definition) is 3. The largest absolute Gasteiger partial charge is 0.497 e. The summed E-state index contributed by atoms with van der Waals surface area (Å²) < 4.78 is 5.07. The first-order valence-electron chi connectivity index (χ1n) is 5.25. The molecule has 0 spiro atoms. The number of ether oxygens (including phenoxy) is 1. The van der Waals surface area contributed by atoms with E-state index < -0.39 is 0 Å². The van der Waals surface area contributed by atoms with Crippen molar-refractivity contribution < 1.29 is 9.84 Å². The Labute approximate surface area is 91.1 Å². The van der Waals surface area contributed by atoms with E-state index in [2.05, 4.69) is 12.2 Å². The van der Waals surface area contributed by atoms with Crippen LogP contribution in [0.3, 0.4) is 0 Å². The van der Waals surface area contributed by atoms with E-state index in [4.69, 9.17) is 9.84 Å². The van der Waals surface area contributed by atoms with Crippen LogP contribution in [0.2, 0.25) is 0 Å². The summed E-state index contributed by atoms with van der Waals surface area (Å²) in [4.78, 5) is 0. The van der Waals surface area contributed by atoms with Gasteiger partial charge in [-0.2, -0.15) is 0 Å². The lowest BCUT2D eigenvalue weighted by atomic mass is 10.1. The molecule has 0 bridgehead atoms. The van der Waals surface area contributed by atoms with Crippen LogP contribution in [-0.4, -0.2) is 25.4 Å². The van der Waals surface area contributed by atoms with E-state index >= 15 is 0 Å². The van der Waals surface area contributed by atoms with Crippen molar-refractivity contribution in [3.63, 3.8) is 0 Å². The Bertz CT molecular complexity index is 271. The summed E-state index contributed by atoms with van der Waals surface area (Å²) in [5.74, 6) is 1.35. The zero-order chi connectivity index (χ0) is 11.1. The van der Waals surface area contributed by atoms with Gasteiger partial charge in [-0.05, 0) is 36.6 Å². The highest BCUT2D eigenvalue weighted by Crippen LogP contribution is 2.15. The summed E-state index contributed by atoms with van der Waals surface area (Å²) in [5, 5.41) is 12.1. The maximum Gasteiger partial charge on any atom is 0.119 e. The van der Waals surface area contributed by atoms with Crippen LogP contribution in [0.15, 0.2) is 24.3 Å². The van der Waals surface area contributed by atoms with Gasteiger partial charge in [0.25, 0.3) is 0 Å². The van der Waals surface area contributed by atoms with Crippen LogP contribution in [0.1, 0.15) is 13.3 Å². The predicted molar refractivity (Wildman–Crippen MR) is 62.4 cm³/mol. The average molecular weight is 209 g/mol. The topological polar surface area (TPSA) is 41.5 Å². The van der Waals surface area contributed by atoms with E-state index in [9.17, 15) is 0 Å². The minimum absolute atomic E-state index is 0.255. The van der Waals surface area contributed by atoms with E-state index in [1.165, 1.54) is 0 Å². The first-order valence-corrected chi connectivity index (χ1v) is 5.25. The lowest BCUT2D eigenvalue weighted by Gasteiger charge is -2.12. The van der Waals surface area contributed by atoms with Crippen LogP contribution < -0.4 is 10.1 Å². The molecule has 1 aromatic carbocycles. The van der Waals surface area contributed by atoms with Crippen LogP contribution in [0.5, 0.6) is 5.75 Å². The van der Waals surface area contributed by atoms with E-state index in [1.807, 2.05) is 24.3 Å². The van der Waals surface area contributed by atoms with E-state index in [-0.39, 0.29) is 6.61 Å². The van der Waals surface area contributed by atoms with Crippen molar-refractivity contribution in [2.24, 2.45) is 5.92 Å². The second-order valence-corrected chi connectivity index (χ2v) is 3.73. The molecular formula is C12H19NO2. The van der Waals surface area contributed by atoms with Gasteiger partial charge in [0.05, 0.1) is 7.11 Å². The number of methoxy groups -OCH3 is 1. The van der Waals surface area contributed by atoms with Crippen molar-refractivity contribution in [2.45, 2.75) is 13.3 Å². The Morgan fingerprint density at radius 2 is 2.00 bits per heavy atom. The fourth-order valence-electron chi connectivity index (χ4n) is 1.32. The first-order chi connectivity index (χ1) is 7.26. The molecule has 3 heteroatoms. The van der Waals surface area contributed by atoms with Crippen LogP contribution in [0.4, 0.5) is 5.69 Å². The zero-order valence-corrected chi connectivity index (χ0v) is 9.36. The fraction of sp³-hybridized carbons (Fsp3) is 0.500. The molecule has 0 saturated heterocycles. The maximum absolute atomic E-state index is 8.76. The summed E-state index contributed by atoms with van der Waals surface area (Å²) in [7, 11) is 1.66. The standard InChI is InChI=1S/C12H19NO2/c1-10(7-8-14)9-13-11-3-5-12(15-2)6-4-11/h3-6,10,13-14H,7-9H2,1-2H3. The highest BCUT2D eigenvalue weighted by Gasteiger charge is 2.00.